The van der Waals surface area contributed by atoms with Gasteiger partial charge in [0.2, 0.25) is 0 Å². The van der Waals surface area contributed by atoms with Crippen LogP contribution in [0.25, 0.3) is 5.65 Å². The van der Waals surface area contributed by atoms with Crippen LogP contribution in [0.4, 0.5) is 5.82 Å². The lowest BCUT2D eigenvalue weighted by Crippen LogP contribution is -2.32. The number of carbonyl (C=O) groups is 1. The molecule has 0 amide bonds. The summed E-state index contributed by atoms with van der Waals surface area (Å²) in [6.07, 6.45) is 2.05. The number of piperidine rings is 1. The fraction of sp³-hybridized carbons (Fsp3) is 0.450. The van der Waals surface area contributed by atoms with Gasteiger partial charge in [0.05, 0.1) is 12.2 Å². The number of likely N-dealkylation sites (tertiary alicyclic amines) is 1. The van der Waals surface area contributed by atoms with Gasteiger partial charge in [0.1, 0.15) is 23.9 Å². The summed E-state index contributed by atoms with van der Waals surface area (Å²) in [6, 6.07) is 7.72. The summed E-state index contributed by atoms with van der Waals surface area (Å²) in [5.41, 5.74) is 8.93. The molecular weight excluding hydrogens is 358 g/mol. The molecule has 3 aromatic rings. The van der Waals surface area contributed by atoms with Gasteiger partial charge in [0, 0.05) is 30.7 Å². The normalized spacial score (nSPS) is 15.9. The molecule has 4 rings (SSSR count). The highest BCUT2D eigenvalue weighted by Gasteiger charge is 2.23. The Labute approximate surface area is 163 Å². The summed E-state index contributed by atoms with van der Waals surface area (Å²) < 4.78 is 12.4. The van der Waals surface area contributed by atoms with E-state index < -0.39 is 0 Å². The number of nitrogens with zero attached hydrogens (tertiary/aromatic N) is 4. The molecule has 0 unspecified atom stereocenters. The van der Waals surface area contributed by atoms with E-state index in [1.165, 1.54) is 6.92 Å². The van der Waals surface area contributed by atoms with Crippen LogP contribution in [0.1, 0.15) is 48.6 Å². The zero-order chi connectivity index (χ0) is 19.7. The third-order valence-corrected chi connectivity index (χ3v) is 5.12. The minimum atomic E-state index is -0.307. The number of ether oxygens (including phenoxy) is 1. The highest BCUT2D eigenvalue weighted by Crippen LogP contribution is 2.29. The van der Waals surface area contributed by atoms with Crippen molar-refractivity contribution in [2.24, 2.45) is 0 Å². The van der Waals surface area contributed by atoms with Gasteiger partial charge in [-0.3, -0.25) is 9.69 Å². The van der Waals surface area contributed by atoms with Crippen molar-refractivity contribution in [1.82, 2.24) is 19.5 Å². The zero-order valence-electron chi connectivity index (χ0n) is 16.2. The number of furan rings is 1. The van der Waals surface area contributed by atoms with E-state index in [4.69, 9.17) is 19.9 Å². The number of rotatable bonds is 5. The van der Waals surface area contributed by atoms with Crippen LogP contribution in [0.2, 0.25) is 0 Å². The lowest BCUT2D eigenvalue weighted by atomic mass is 9.93. The maximum absolute atomic E-state index is 10.9. The first-order valence-corrected chi connectivity index (χ1v) is 9.54. The molecule has 1 fully saturated rings. The molecule has 2 N–H and O–H groups in total. The molecular formula is C20H25N5O3. The van der Waals surface area contributed by atoms with Gasteiger partial charge in [-0.15, -0.1) is 0 Å². The molecule has 8 heteroatoms. The third kappa shape index (κ3) is 4.01. The van der Waals surface area contributed by atoms with Crippen LogP contribution >= 0.6 is 0 Å². The van der Waals surface area contributed by atoms with E-state index in [1.54, 1.807) is 4.52 Å². The second-order valence-electron chi connectivity index (χ2n) is 7.36. The summed E-state index contributed by atoms with van der Waals surface area (Å²) in [4.78, 5) is 18.0. The van der Waals surface area contributed by atoms with Gasteiger partial charge in [-0.1, -0.05) is 0 Å². The Morgan fingerprint density at radius 2 is 2.04 bits per heavy atom. The van der Waals surface area contributed by atoms with E-state index >= 15 is 0 Å². The predicted octanol–water partition coefficient (Wildman–Crippen LogP) is 2.66. The van der Waals surface area contributed by atoms with Crippen LogP contribution in [-0.4, -0.2) is 38.6 Å². The fourth-order valence-electron chi connectivity index (χ4n) is 3.71. The molecule has 0 aliphatic carbocycles. The number of hydrogen-bond acceptors (Lipinski definition) is 7. The number of aryl methyl sites for hydroxylation is 1. The van der Waals surface area contributed by atoms with E-state index in [0.717, 1.165) is 55.3 Å². The number of anilines is 1. The molecule has 1 aliphatic rings. The molecule has 148 valence electrons. The number of aromatic nitrogens is 3. The molecule has 0 spiro atoms. The fourth-order valence-corrected chi connectivity index (χ4v) is 3.71. The average molecular weight is 383 g/mol. The molecule has 1 aliphatic heterocycles. The van der Waals surface area contributed by atoms with Crippen LogP contribution in [0.5, 0.6) is 0 Å². The Hall–Kier alpha value is -2.87. The largest absolute Gasteiger partial charge is 0.461 e. The van der Waals surface area contributed by atoms with Crippen LogP contribution in [0.3, 0.4) is 0 Å². The van der Waals surface area contributed by atoms with E-state index in [2.05, 4.69) is 10.00 Å². The second-order valence-corrected chi connectivity index (χ2v) is 7.36. The maximum Gasteiger partial charge on any atom is 0.303 e. The minimum absolute atomic E-state index is 0.182. The summed E-state index contributed by atoms with van der Waals surface area (Å²) >= 11 is 0. The molecule has 8 nitrogen and oxygen atoms in total. The number of fused-ring (bicyclic) bond motifs is 1. The smallest absolute Gasteiger partial charge is 0.303 e. The lowest BCUT2D eigenvalue weighted by molar-refractivity contribution is -0.142. The van der Waals surface area contributed by atoms with E-state index in [-0.39, 0.29) is 12.6 Å². The highest BCUT2D eigenvalue weighted by molar-refractivity contribution is 5.65. The number of nitrogens with two attached hydrogens (primary N) is 1. The van der Waals surface area contributed by atoms with E-state index in [9.17, 15) is 4.79 Å². The zero-order valence-corrected chi connectivity index (χ0v) is 16.2. The highest BCUT2D eigenvalue weighted by atomic mass is 16.5. The quantitative estimate of drug-likeness (QED) is 0.676. The number of esters is 1. The third-order valence-electron chi connectivity index (χ3n) is 5.12. The van der Waals surface area contributed by atoms with Crippen molar-refractivity contribution in [3.8, 4) is 0 Å². The summed E-state index contributed by atoms with van der Waals surface area (Å²) in [6.45, 7) is 6.20. The van der Waals surface area contributed by atoms with Crippen molar-refractivity contribution < 1.29 is 13.9 Å². The van der Waals surface area contributed by atoms with Crippen molar-refractivity contribution >= 4 is 17.4 Å². The van der Waals surface area contributed by atoms with Crippen molar-refractivity contribution in [1.29, 1.82) is 0 Å². The first-order valence-electron chi connectivity index (χ1n) is 9.54. The Morgan fingerprint density at radius 3 is 2.79 bits per heavy atom. The van der Waals surface area contributed by atoms with Crippen LogP contribution in [-0.2, 0) is 22.7 Å². The summed E-state index contributed by atoms with van der Waals surface area (Å²) in [5.74, 6) is 2.28. The Kier molecular flexibility index (Phi) is 5.04. The SMILES string of the molecule is CC(=O)OCc1ccc(CN2CCC(c3cc(N)n4nc(C)cc4n3)CC2)o1. The first-order chi connectivity index (χ1) is 13.5. The number of carbonyl (C=O) groups excluding carboxylic acids is 1. The molecule has 28 heavy (non-hydrogen) atoms. The molecule has 0 aromatic carbocycles. The molecule has 0 bridgehead atoms. The van der Waals surface area contributed by atoms with Crippen molar-refractivity contribution in [3.05, 3.63) is 47.2 Å². The first kappa shape index (κ1) is 18.5. The van der Waals surface area contributed by atoms with Crippen molar-refractivity contribution in [2.75, 3.05) is 18.8 Å². The minimum Gasteiger partial charge on any atom is -0.461 e. The topological polar surface area (TPSA) is 98.9 Å². The van der Waals surface area contributed by atoms with E-state index in [0.29, 0.717) is 17.5 Å². The van der Waals surface area contributed by atoms with Gasteiger partial charge >= 0.3 is 5.97 Å². The van der Waals surface area contributed by atoms with Crippen molar-refractivity contribution in [3.63, 3.8) is 0 Å². The number of nitrogen functional groups attached to an aromatic ring is 1. The van der Waals surface area contributed by atoms with Gasteiger partial charge < -0.3 is 14.9 Å². The van der Waals surface area contributed by atoms with Crippen LogP contribution < -0.4 is 5.73 Å². The number of hydrogen-bond donors (Lipinski definition) is 1. The molecule has 0 saturated carbocycles. The average Bonchev–Trinajstić information content (AvgIpc) is 3.26. The maximum atomic E-state index is 10.9. The molecule has 1 saturated heterocycles. The Balaban J connectivity index is 1.35. The summed E-state index contributed by atoms with van der Waals surface area (Å²) in [7, 11) is 0. The molecule has 3 aromatic heterocycles. The van der Waals surface area contributed by atoms with Crippen LogP contribution in [0, 0.1) is 6.92 Å². The predicted molar refractivity (Wildman–Crippen MR) is 104 cm³/mol. The van der Waals surface area contributed by atoms with Crippen molar-refractivity contribution in [2.45, 2.75) is 45.8 Å². The summed E-state index contributed by atoms with van der Waals surface area (Å²) in [5, 5.41) is 4.37. The molecule has 0 radical (unpaired) electrons. The van der Waals surface area contributed by atoms with Gasteiger partial charge in [0.15, 0.2) is 5.65 Å². The van der Waals surface area contributed by atoms with Gasteiger partial charge in [-0.25, -0.2) is 4.98 Å². The van der Waals surface area contributed by atoms with Crippen LogP contribution in [0.15, 0.2) is 28.7 Å². The van der Waals surface area contributed by atoms with Gasteiger partial charge in [0.25, 0.3) is 0 Å². The lowest BCUT2D eigenvalue weighted by Gasteiger charge is -2.31. The van der Waals surface area contributed by atoms with Gasteiger partial charge in [-0.2, -0.15) is 9.61 Å². The molecule has 4 heterocycles. The standard InChI is InChI=1S/C20H25N5O3/c1-13-9-20-22-18(10-19(21)25(20)23-13)15-5-7-24(8-6-15)11-16-3-4-17(28-16)12-27-14(2)26/h3-4,9-10,15H,5-8,11-12,21H2,1-2H3. The second kappa shape index (κ2) is 7.63. The van der Waals surface area contributed by atoms with E-state index in [1.807, 2.05) is 31.2 Å². The Bertz CT molecular complexity index is 985. The van der Waals surface area contributed by atoms with Gasteiger partial charge in [-0.05, 0) is 45.0 Å². The monoisotopic (exact) mass is 383 g/mol. The molecule has 0 atom stereocenters. The Morgan fingerprint density at radius 1 is 1.29 bits per heavy atom.